The third-order valence-corrected chi connectivity index (χ3v) is 13.0. The lowest BCUT2D eigenvalue weighted by molar-refractivity contribution is -0.162. The van der Waals surface area contributed by atoms with Crippen LogP contribution >= 0.6 is 0 Å². The van der Waals surface area contributed by atoms with E-state index in [1.165, 1.54) is 23.4 Å². The number of guanidine groups is 2. The zero-order chi connectivity index (χ0) is 64.7. The number of terminal acetylenes is 1. The Morgan fingerprint density at radius 3 is 1.67 bits per heavy atom. The first-order chi connectivity index (χ1) is 42.0. The number of aromatic nitrogens is 3. The van der Waals surface area contributed by atoms with Gasteiger partial charge >= 0.3 is 11.9 Å². The molecule has 36 heteroatoms. The molecule has 36 nitrogen and oxygen atoms in total. The summed E-state index contributed by atoms with van der Waals surface area (Å²) < 4.78 is 45.9. The predicted octanol–water partition coefficient (Wildman–Crippen LogP) is -7.22. The highest BCUT2D eigenvalue weighted by molar-refractivity contribution is 5.86. The summed E-state index contributed by atoms with van der Waals surface area (Å²) in [6.07, 6.45) is 0.628. The number of hydrazine groups is 2. The van der Waals surface area contributed by atoms with E-state index in [1.54, 1.807) is 17.4 Å². The van der Waals surface area contributed by atoms with E-state index in [2.05, 4.69) is 47.8 Å². The van der Waals surface area contributed by atoms with Crippen LogP contribution in [0.15, 0.2) is 51.7 Å². The number of carbonyl (C=O) groups is 7. The van der Waals surface area contributed by atoms with E-state index in [0.717, 1.165) is 12.2 Å². The van der Waals surface area contributed by atoms with Gasteiger partial charge in [0.2, 0.25) is 29.2 Å². The van der Waals surface area contributed by atoms with Gasteiger partial charge in [0.15, 0.2) is 11.9 Å². The van der Waals surface area contributed by atoms with Crippen molar-refractivity contribution in [2.24, 2.45) is 44.8 Å². The number of carboxylic acids is 2. The van der Waals surface area contributed by atoms with Crippen LogP contribution in [-0.2, 0) is 84.5 Å². The molecule has 18 N–H and O–H groups in total. The number of hydrogen-bond acceptors (Lipinski definition) is 26. The topological polar surface area (TPSA) is 529 Å². The molecule has 3 aliphatic heterocycles. The molecule has 0 spiro atoms. The Bertz CT molecular complexity index is 2660. The van der Waals surface area contributed by atoms with Crippen molar-refractivity contribution in [3.63, 3.8) is 0 Å². The molecule has 4 rings (SSSR count). The number of carbonyl (C=O) groups excluding carboxylic acids is 5. The predicted molar refractivity (Wildman–Crippen MR) is 303 cm³/mol. The fourth-order valence-corrected chi connectivity index (χ4v) is 9.09. The summed E-state index contributed by atoms with van der Waals surface area (Å²) >= 11 is 0. The van der Waals surface area contributed by atoms with Crippen LogP contribution in [0.4, 0.5) is 0 Å². The van der Waals surface area contributed by atoms with Gasteiger partial charge in [0.25, 0.3) is 0 Å². The number of nitrogens with zero attached hydrogens (tertiary/aromatic N) is 7. The summed E-state index contributed by atoms with van der Waals surface area (Å²) in [5, 5.41) is 76.1. The number of aliphatic hydroxyl groups excluding tert-OH is 4. The van der Waals surface area contributed by atoms with E-state index in [4.69, 9.17) is 67.3 Å². The Morgan fingerprint density at radius 2 is 1.22 bits per heavy atom. The Morgan fingerprint density at radius 1 is 0.739 bits per heavy atom. The van der Waals surface area contributed by atoms with Crippen LogP contribution in [0, 0.1) is 24.2 Å². The quantitative estimate of drug-likeness (QED) is 0.0125. The highest BCUT2D eigenvalue weighted by atomic mass is 16.6. The second kappa shape index (κ2) is 38.2. The van der Waals surface area contributed by atoms with Crippen LogP contribution in [0.1, 0.15) is 38.8 Å². The van der Waals surface area contributed by atoms with Crippen molar-refractivity contribution in [3.8, 4) is 12.3 Å². The Labute approximate surface area is 505 Å². The number of ether oxygens (including phenoxy) is 8. The Hall–Kier alpha value is -8.09. The molecule has 0 bridgehead atoms. The molecule has 0 aliphatic carbocycles. The second-order valence-corrected chi connectivity index (χ2v) is 20.0. The van der Waals surface area contributed by atoms with Crippen LogP contribution in [0.25, 0.3) is 0 Å². The number of hydrogen-bond donors (Lipinski definition) is 14. The number of nitrogens with one attached hydrogen (secondary N) is 4. The SMILES string of the molecule is C#CCOCCOCCOCCOCCC(=O)N(CC1=CN(CCNC(=O)CO[C@@H]([C@@H]2OC(C(=O)O)=C[C@H](N=C(N)N)[C@H]2CC(C)=O)[C@H](O)CO)NN1)Cc1cn(CCNC(=O)CO[C@@H]([C@@H]2OC(C(=O)O)=C[C@H](N=C(N)N)[C@H]2CC(C)=O)[C@H](O)CO)nn1. The minimum absolute atomic E-state index is 0.00378. The highest BCUT2D eigenvalue weighted by Gasteiger charge is 2.47. The number of amides is 3. The van der Waals surface area contributed by atoms with E-state index < -0.39 is 134 Å². The third-order valence-electron chi connectivity index (χ3n) is 13.0. The molecule has 4 heterocycles. The molecule has 10 atom stereocenters. The molecule has 0 unspecified atom stereocenters. The Kier molecular flexibility index (Phi) is 31.5. The fraction of sp³-hybridized carbons (Fsp3) is 0.635. The maximum atomic E-state index is 13.8. The lowest BCUT2D eigenvalue weighted by Crippen LogP contribution is -2.53. The number of carboxylic acid groups (broad SMARTS) is 2. The number of nitrogens with two attached hydrogens (primary N) is 4. The molecule has 3 aliphatic rings. The highest BCUT2D eigenvalue weighted by Crippen LogP contribution is 2.35. The van der Waals surface area contributed by atoms with Crippen molar-refractivity contribution < 1.29 is 102 Å². The zero-order valence-electron chi connectivity index (χ0n) is 48.8. The van der Waals surface area contributed by atoms with Gasteiger partial charge in [0.1, 0.15) is 73.7 Å². The van der Waals surface area contributed by atoms with Crippen molar-refractivity contribution in [3.05, 3.63) is 47.5 Å². The monoisotopic (exact) mass is 1250 g/mol. The third kappa shape index (κ3) is 25.3. The molecule has 0 radical (unpaired) electrons. The maximum absolute atomic E-state index is 13.8. The fourth-order valence-electron chi connectivity index (χ4n) is 9.09. The van der Waals surface area contributed by atoms with Crippen LogP contribution in [0.5, 0.6) is 0 Å². The van der Waals surface area contributed by atoms with Gasteiger partial charge in [0, 0.05) is 44.0 Å². The van der Waals surface area contributed by atoms with Gasteiger partial charge in [0.05, 0.1) is 116 Å². The second-order valence-electron chi connectivity index (χ2n) is 20.0. The maximum Gasteiger partial charge on any atom is 0.370 e. The number of rotatable bonds is 43. The summed E-state index contributed by atoms with van der Waals surface area (Å²) in [5.41, 5.74) is 29.1. The number of aliphatic carboxylic acids is 2. The van der Waals surface area contributed by atoms with E-state index >= 15 is 0 Å². The summed E-state index contributed by atoms with van der Waals surface area (Å²) in [4.78, 5) is 98.2. The molecule has 0 saturated carbocycles. The molecule has 1 aromatic heterocycles. The van der Waals surface area contributed by atoms with Crippen LogP contribution in [-0.4, -0.2) is 263 Å². The summed E-state index contributed by atoms with van der Waals surface area (Å²) in [7, 11) is 0. The standard InChI is InChI=1S/C52H81N15O21/c1-4-10-81-12-14-83-16-17-84-15-13-82-11-5-44(76)65(22-32-24-66(63-61-32)8-6-57-42(74)28-85-47(38(72)26-68)45-34(18-30(2)70)36(59-51(53)54)20-40(87-45)49(77)78)23-33-25-67(64-62-33)9-7-58-43(75)29-86-48(39(73)27-69)46-35(19-31(3)71)37(60-52(55)56)21-41(88-46)50(79)80/h1,20-21,24-25,34-39,45-48,61,63,68-69,72-73H,5-19,22-23,26-29H2,2-3H3,(H,57,74)(H,58,75)(H,77,78)(H,79,80)(H4,53,54,59)(H4,55,56,60)/t34-,35-,36+,37+,38-,39-,45-,46-,47-,48-/m1/s1. The lowest BCUT2D eigenvalue weighted by atomic mass is 9.82. The molecule has 3 amide bonds. The van der Waals surface area contributed by atoms with Gasteiger partial charge in [-0.25, -0.2) is 19.6 Å². The minimum atomic E-state index is -1.72. The number of aliphatic hydroxyl groups is 4. The van der Waals surface area contributed by atoms with Crippen LogP contribution < -0.4 is 44.5 Å². The first kappa shape index (κ1) is 72.4. The summed E-state index contributed by atoms with van der Waals surface area (Å²) in [5.74, 6) is -7.16. The van der Waals surface area contributed by atoms with Crippen molar-refractivity contribution in [1.82, 2.24) is 46.5 Å². The van der Waals surface area contributed by atoms with Gasteiger partial charge < -0.3 is 122 Å². The number of aliphatic imine (C=N–C) groups is 2. The molecule has 0 fully saturated rings. The van der Waals surface area contributed by atoms with Gasteiger partial charge in [-0.2, -0.15) is 0 Å². The average Bonchev–Trinajstić information content (AvgIpc) is 1.41. The van der Waals surface area contributed by atoms with Crippen molar-refractivity contribution in [1.29, 1.82) is 0 Å². The first-order valence-electron chi connectivity index (χ1n) is 27.7. The molecule has 1 aromatic rings. The first-order valence-corrected chi connectivity index (χ1v) is 27.7. The number of Topliss-reactive ketones (excluding diaryl/α,β-unsaturated/α-hetero) is 2. The van der Waals surface area contributed by atoms with Gasteiger partial charge in [-0.3, -0.25) is 24.1 Å². The smallest absolute Gasteiger partial charge is 0.370 e. The van der Waals surface area contributed by atoms with Crippen LogP contribution in [0.2, 0.25) is 0 Å². The molecule has 490 valence electrons. The lowest BCUT2D eigenvalue weighted by Gasteiger charge is -2.39. The van der Waals surface area contributed by atoms with Gasteiger partial charge in [-0.15, -0.1) is 17.1 Å². The van der Waals surface area contributed by atoms with E-state index in [0.29, 0.717) is 37.8 Å². The van der Waals surface area contributed by atoms with Crippen LogP contribution in [0.3, 0.4) is 0 Å². The van der Waals surface area contributed by atoms with Gasteiger partial charge in [-0.1, -0.05) is 11.1 Å². The van der Waals surface area contributed by atoms with Crippen molar-refractivity contribution >= 4 is 53.1 Å². The largest absolute Gasteiger partial charge is 0.480 e. The van der Waals surface area contributed by atoms with E-state index in [1.807, 2.05) is 0 Å². The number of ketones is 2. The van der Waals surface area contributed by atoms with Crippen molar-refractivity contribution in [2.45, 2.75) is 94.9 Å². The summed E-state index contributed by atoms with van der Waals surface area (Å²) in [6.45, 7) is 1.44. The van der Waals surface area contributed by atoms with Gasteiger partial charge in [-0.05, 0) is 26.0 Å². The molecule has 0 aromatic carbocycles. The Balaban J connectivity index is 1.36. The molecular weight excluding hydrogens is 1170 g/mol. The molecule has 0 saturated heterocycles. The van der Waals surface area contributed by atoms with E-state index in [9.17, 15) is 64.2 Å². The average molecular weight is 1250 g/mol. The zero-order valence-corrected chi connectivity index (χ0v) is 48.8. The van der Waals surface area contributed by atoms with Crippen molar-refractivity contribution in [2.75, 3.05) is 105 Å². The van der Waals surface area contributed by atoms with E-state index in [-0.39, 0.29) is 102 Å². The minimum Gasteiger partial charge on any atom is -0.480 e. The summed E-state index contributed by atoms with van der Waals surface area (Å²) in [6, 6.07) is -2.22. The normalized spacial score (nSPS) is 20.1. The molecule has 88 heavy (non-hydrogen) atoms. The molecular formula is C52H81N15O21.